The van der Waals surface area contributed by atoms with E-state index in [2.05, 4.69) is 12.6 Å². The minimum atomic E-state index is -1.07. The highest BCUT2D eigenvalue weighted by Gasteiger charge is 2.06. The van der Waals surface area contributed by atoms with Crippen LogP contribution < -0.4 is 0 Å². The second-order valence-corrected chi connectivity index (χ2v) is 2.08. The third kappa shape index (κ3) is 3.04. The third-order valence-electron chi connectivity index (χ3n) is 0.784. The molecule has 2 nitrogen and oxygen atoms in total. The van der Waals surface area contributed by atoms with Crippen LogP contribution in [-0.4, -0.2) is 16.3 Å². The highest BCUT2D eigenvalue weighted by atomic mass is 32.1. The largest absolute Gasteiger partial charge is 0.375 e. The van der Waals surface area contributed by atoms with Crippen LogP contribution in [0, 0.1) is 0 Å². The third-order valence-corrected chi connectivity index (χ3v) is 1.07. The summed E-state index contributed by atoms with van der Waals surface area (Å²) in [6.45, 7) is 1.88. The first-order valence-electron chi connectivity index (χ1n) is 2.57. The van der Waals surface area contributed by atoms with Gasteiger partial charge in [0.05, 0.1) is 0 Å². The van der Waals surface area contributed by atoms with Crippen molar-refractivity contribution in [3.8, 4) is 0 Å². The van der Waals surface area contributed by atoms with Gasteiger partial charge in [-0.1, -0.05) is 6.92 Å². The van der Waals surface area contributed by atoms with E-state index in [-0.39, 0.29) is 5.78 Å². The first kappa shape index (κ1) is 7.98. The van der Waals surface area contributed by atoms with Gasteiger partial charge < -0.3 is 5.11 Å². The number of hydrogen-bond donors (Lipinski definition) is 2. The minimum Gasteiger partial charge on any atom is -0.375 e. The maximum atomic E-state index is 10.4. The molecule has 0 rings (SSSR count). The number of aliphatic hydroxyl groups is 1. The lowest BCUT2D eigenvalue weighted by molar-refractivity contribution is -0.123. The van der Waals surface area contributed by atoms with Crippen LogP contribution in [0.3, 0.4) is 0 Å². The number of ketones is 1. The molecule has 0 saturated heterocycles. The summed E-state index contributed by atoms with van der Waals surface area (Å²) in [5.74, 6) is -0.198. The highest BCUT2D eigenvalue weighted by molar-refractivity contribution is 7.81. The van der Waals surface area contributed by atoms with Gasteiger partial charge in [-0.15, -0.1) is 12.6 Å². The molecule has 0 amide bonds. The average molecular weight is 134 g/mol. The topological polar surface area (TPSA) is 37.3 Å². The summed E-state index contributed by atoms with van der Waals surface area (Å²) in [6.07, 6.45) is 1.20. The van der Waals surface area contributed by atoms with Crippen LogP contribution in [0.2, 0.25) is 0 Å². The summed E-state index contributed by atoms with van der Waals surface area (Å²) in [4.78, 5) is 10.4. The molecule has 0 aliphatic carbocycles. The van der Waals surface area contributed by atoms with E-state index in [4.69, 9.17) is 5.11 Å². The number of rotatable bonds is 3. The molecule has 1 atom stereocenters. The van der Waals surface area contributed by atoms with Crippen molar-refractivity contribution in [3.05, 3.63) is 0 Å². The van der Waals surface area contributed by atoms with E-state index >= 15 is 0 Å². The van der Waals surface area contributed by atoms with E-state index in [0.717, 1.165) is 6.42 Å². The Labute approximate surface area is 54.3 Å². The molecule has 0 aliphatic rings. The van der Waals surface area contributed by atoms with Gasteiger partial charge in [0, 0.05) is 6.42 Å². The van der Waals surface area contributed by atoms with Crippen molar-refractivity contribution < 1.29 is 9.90 Å². The lowest BCUT2D eigenvalue weighted by Crippen LogP contribution is -2.11. The Hall–Kier alpha value is -0.0200. The van der Waals surface area contributed by atoms with Gasteiger partial charge in [0.25, 0.3) is 0 Å². The van der Waals surface area contributed by atoms with E-state index in [1.807, 2.05) is 6.92 Å². The molecule has 0 aromatic heterocycles. The maximum absolute atomic E-state index is 10.4. The Bertz CT molecular complexity index is 80.5. The molecule has 0 aromatic rings. The van der Waals surface area contributed by atoms with Crippen molar-refractivity contribution in [3.63, 3.8) is 0 Å². The zero-order chi connectivity index (χ0) is 6.57. The van der Waals surface area contributed by atoms with Crippen molar-refractivity contribution >= 4 is 18.4 Å². The summed E-state index contributed by atoms with van der Waals surface area (Å²) in [5, 5.41) is 8.47. The van der Waals surface area contributed by atoms with Crippen LogP contribution in [0.1, 0.15) is 19.8 Å². The number of carbonyl (C=O) groups is 1. The summed E-state index contributed by atoms with van der Waals surface area (Å²) in [7, 11) is 0. The summed E-state index contributed by atoms with van der Waals surface area (Å²) >= 11 is 3.53. The van der Waals surface area contributed by atoms with Gasteiger partial charge in [0.1, 0.15) is 0 Å². The zero-order valence-corrected chi connectivity index (χ0v) is 5.69. The van der Waals surface area contributed by atoms with Crippen LogP contribution in [0.25, 0.3) is 0 Å². The lowest BCUT2D eigenvalue weighted by atomic mass is 10.2. The Morgan fingerprint density at radius 1 is 1.88 bits per heavy atom. The molecular weight excluding hydrogens is 124 g/mol. The Morgan fingerprint density at radius 2 is 2.38 bits per heavy atom. The molecule has 0 fully saturated rings. The molecule has 0 aromatic carbocycles. The molecule has 0 heterocycles. The predicted octanol–water partition coefficient (Wildman–Crippen LogP) is 0.604. The molecule has 8 heavy (non-hydrogen) atoms. The van der Waals surface area contributed by atoms with Gasteiger partial charge in [-0.25, -0.2) is 0 Å². The fourth-order valence-corrected chi connectivity index (χ4v) is 0.505. The monoisotopic (exact) mass is 134 g/mol. The standard InChI is InChI=1S/C5H10O2S/c1-2-3-4(6)5(7)8/h5,7-8H,2-3H2,1H3. The second kappa shape index (κ2) is 3.92. The first-order valence-corrected chi connectivity index (χ1v) is 3.09. The molecule has 3 heteroatoms. The molecule has 0 spiro atoms. The van der Waals surface area contributed by atoms with Crippen LogP contribution >= 0.6 is 12.6 Å². The van der Waals surface area contributed by atoms with Crippen LogP contribution in [0.15, 0.2) is 0 Å². The van der Waals surface area contributed by atoms with E-state index in [1.165, 1.54) is 0 Å². The van der Waals surface area contributed by atoms with Gasteiger partial charge in [0.15, 0.2) is 11.2 Å². The van der Waals surface area contributed by atoms with Crippen LogP contribution in [-0.2, 0) is 4.79 Å². The number of Topliss-reactive ketones (excluding diaryl/α,β-unsaturated/α-hetero) is 1. The highest BCUT2D eigenvalue weighted by Crippen LogP contribution is 1.97. The van der Waals surface area contributed by atoms with Gasteiger partial charge in [0.2, 0.25) is 0 Å². The zero-order valence-electron chi connectivity index (χ0n) is 4.79. The number of carbonyl (C=O) groups excluding carboxylic acids is 1. The molecule has 0 saturated carbocycles. The number of aliphatic hydroxyl groups excluding tert-OH is 1. The second-order valence-electron chi connectivity index (χ2n) is 1.59. The van der Waals surface area contributed by atoms with E-state index < -0.39 is 5.44 Å². The molecule has 0 bridgehead atoms. The number of thiol groups is 1. The van der Waals surface area contributed by atoms with Crippen molar-refractivity contribution in [2.24, 2.45) is 0 Å². The Morgan fingerprint density at radius 3 is 2.50 bits per heavy atom. The summed E-state index contributed by atoms with van der Waals surface area (Å²) < 4.78 is 0. The van der Waals surface area contributed by atoms with E-state index in [0.29, 0.717) is 6.42 Å². The van der Waals surface area contributed by atoms with Gasteiger partial charge in [-0.3, -0.25) is 4.79 Å². The van der Waals surface area contributed by atoms with Crippen molar-refractivity contribution in [1.29, 1.82) is 0 Å². The molecule has 0 radical (unpaired) electrons. The van der Waals surface area contributed by atoms with Crippen LogP contribution in [0.5, 0.6) is 0 Å². The molecular formula is C5H10O2S. The van der Waals surface area contributed by atoms with Crippen molar-refractivity contribution in [2.45, 2.75) is 25.2 Å². The SMILES string of the molecule is CCCC(=O)C(O)S. The van der Waals surface area contributed by atoms with E-state index in [9.17, 15) is 4.79 Å². The molecule has 1 unspecified atom stereocenters. The molecule has 48 valence electrons. The minimum absolute atomic E-state index is 0.198. The van der Waals surface area contributed by atoms with Crippen molar-refractivity contribution in [1.82, 2.24) is 0 Å². The summed E-state index contributed by atoms with van der Waals surface area (Å²) in [5.41, 5.74) is -1.07. The normalized spacial score (nSPS) is 13.4. The molecule has 1 N–H and O–H groups in total. The lowest BCUT2D eigenvalue weighted by Gasteiger charge is -1.97. The smallest absolute Gasteiger partial charge is 0.171 e. The molecule has 0 aliphatic heterocycles. The number of hydrogen-bond acceptors (Lipinski definition) is 3. The van der Waals surface area contributed by atoms with Gasteiger partial charge in [-0.05, 0) is 6.42 Å². The average Bonchev–Trinajstić information content (AvgIpc) is 1.67. The van der Waals surface area contributed by atoms with Crippen LogP contribution in [0.4, 0.5) is 0 Å². The summed E-state index contributed by atoms with van der Waals surface area (Å²) in [6, 6.07) is 0. The quantitative estimate of drug-likeness (QED) is 0.438. The van der Waals surface area contributed by atoms with Gasteiger partial charge in [-0.2, -0.15) is 0 Å². The van der Waals surface area contributed by atoms with Crippen molar-refractivity contribution in [2.75, 3.05) is 0 Å². The Kier molecular flexibility index (Phi) is 3.91. The van der Waals surface area contributed by atoms with Gasteiger partial charge >= 0.3 is 0 Å². The fraction of sp³-hybridized carbons (Fsp3) is 0.800. The first-order chi connectivity index (χ1) is 3.68. The maximum Gasteiger partial charge on any atom is 0.171 e. The predicted molar refractivity (Wildman–Crippen MR) is 34.9 cm³/mol. The Balaban J connectivity index is 3.33. The van der Waals surface area contributed by atoms with E-state index in [1.54, 1.807) is 0 Å². The fourth-order valence-electron chi connectivity index (χ4n) is 0.375.